The standard InChI is InChI=1S/C14H14O4S/c1-2-3-6-18-14(17)12-8-10-7-9(13(15)16)4-5-11(10)19-12/h4-5,7-8H,2-3,6H2,1H3,(H,15,16). The number of rotatable bonds is 5. The summed E-state index contributed by atoms with van der Waals surface area (Å²) in [5.74, 6) is -1.31. The Morgan fingerprint density at radius 1 is 1.32 bits per heavy atom. The van der Waals surface area contributed by atoms with Gasteiger partial charge in [-0.3, -0.25) is 0 Å². The fourth-order valence-corrected chi connectivity index (χ4v) is 2.59. The first-order valence-corrected chi connectivity index (χ1v) is 6.87. The van der Waals surface area contributed by atoms with Crippen molar-refractivity contribution in [2.45, 2.75) is 19.8 Å². The molecule has 1 heterocycles. The zero-order valence-corrected chi connectivity index (χ0v) is 11.3. The van der Waals surface area contributed by atoms with E-state index >= 15 is 0 Å². The Labute approximate surface area is 114 Å². The van der Waals surface area contributed by atoms with Crippen molar-refractivity contribution in [2.24, 2.45) is 0 Å². The van der Waals surface area contributed by atoms with Crippen LogP contribution in [0.15, 0.2) is 24.3 Å². The Balaban J connectivity index is 2.21. The van der Waals surface area contributed by atoms with Crippen molar-refractivity contribution in [3.63, 3.8) is 0 Å². The summed E-state index contributed by atoms with van der Waals surface area (Å²) < 4.78 is 6.01. The number of carboxylic acid groups (broad SMARTS) is 1. The van der Waals surface area contributed by atoms with Gasteiger partial charge in [-0.05, 0) is 36.1 Å². The molecule has 1 aromatic heterocycles. The van der Waals surface area contributed by atoms with E-state index in [9.17, 15) is 9.59 Å². The highest BCUT2D eigenvalue weighted by Crippen LogP contribution is 2.27. The second kappa shape index (κ2) is 5.84. The number of benzene rings is 1. The van der Waals surface area contributed by atoms with Gasteiger partial charge in [-0.2, -0.15) is 0 Å². The average molecular weight is 278 g/mol. The first-order chi connectivity index (χ1) is 9.11. The lowest BCUT2D eigenvalue weighted by atomic mass is 10.1. The smallest absolute Gasteiger partial charge is 0.348 e. The van der Waals surface area contributed by atoms with Crippen molar-refractivity contribution in [3.05, 3.63) is 34.7 Å². The van der Waals surface area contributed by atoms with E-state index in [0.29, 0.717) is 11.5 Å². The molecule has 0 aliphatic carbocycles. The predicted octanol–water partition coefficient (Wildman–Crippen LogP) is 3.56. The van der Waals surface area contributed by atoms with Gasteiger partial charge in [-0.25, -0.2) is 9.59 Å². The van der Waals surface area contributed by atoms with Crippen LogP contribution in [0.2, 0.25) is 0 Å². The molecule has 0 aliphatic heterocycles. The molecule has 0 unspecified atom stereocenters. The zero-order chi connectivity index (χ0) is 13.8. The van der Waals surface area contributed by atoms with Crippen LogP contribution in [0.1, 0.15) is 39.8 Å². The lowest BCUT2D eigenvalue weighted by Crippen LogP contribution is -2.03. The van der Waals surface area contributed by atoms with Gasteiger partial charge in [-0.15, -0.1) is 11.3 Å². The molecule has 0 bridgehead atoms. The summed E-state index contributed by atoms with van der Waals surface area (Å²) in [6.07, 6.45) is 1.82. The van der Waals surface area contributed by atoms with Crippen molar-refractivity contribution < 1.29 is 19.4 Å². The molecule has 0 radical (unpaired) electrons. The summed E-state index contributed by atoms with van der Waals surface area (Å²) in [6, 6.07) is 6.50. The number of ether oxygens (including phenoxy) is 1. The Morgan fingerprint density at radius 2 is 2.11 bits per heavy atom. The molecular formula is C14H14O4S. The number of carbonyl (C=O) groups excluding carboxylic acids is 1. The van der Waals surface area contributed by atoms with Gasteiger partial charge in [-0.1, -0.05) is 13.3 Å². The van der Waals surface area contributed by atoms with Crippen LogP contribution in [-0.2, 0) is 4.74 Å². The highest BCUT2D eigenvalue weighted by atomic mass is 32.1. The van der Waals surface area contributed by atoms with Crippen molar-refractivity contribution >= 4 is 33.4 Å². The van der Waals surface area contributed by atoms with E-state index in [1.807, 2.05) is 6.92 Å². The Bertz CT molecular complexity index is 615. The van der Waals surface area contributed by atoms with Gasteiger partial charge in [0.2, 0.25) is 0 Å². The summed E-state index contributed by atoms with van der Waals surface area (Å²) in [4.78, 5) is 23.2. The number of carboxylic acids is 1. The largest absolute Gasteiger partial charge is 0.478 e. The number of aromatic carboxylic acids is 1. The molecule has 100 valence electrons. The quantitative estimate of drug-likeness (QED) is 0.671. The van der Waals surface area contributed by atoms with E-state index in [2.05, 4.69) is 0 Å². The Morgan fingerprint density at radius 3 is 2.79 bits per heavy atom. The number of esters is 1. The zero-order valence-electron chi connectivity index (χ0n) is 10.5. The molecule has 0 amide bonds. The van der Waals surface area contributed by atoms with Gasteiger partial charge in [0, 0.05) is 4.70 Å². The van der Waals surface area contributed by atoms with E-state index < -0.39 is 5.97 Å². The molecule has 0 atom stereocenters. The summed E-state index contributed by atoms with van der Waals surface area (Å²) in [5, 5.41) is 9.67. The third-order valence-electron chi connectivity index (χ3n) is 2.70. The lowest BCUT2D eigenvalue weighted by Gasteiger charge is -2.00. The monoisotopic (exact) mass is 278 g/mol. The molecule has 0 aliphatic rings. The highest BCUT2D eigenvalue weighted by molar-refractivity contribution is 7.20. The van der Waals surface area contributed by atoms with Crippen LogP contribution in [0.3, 0.4) is 0 Å². The van der Waals surface area contributed by atoms with Crippen LogP contribution in [0, 0.1) is 0 Å². The fraction of sp³-hybridized carbons (Fsp3) is 0.286. The van der Waals surface area contributed by atoms with Gasteiger partial charge in [0.25, 0.3) is 0 Å². The number of hydrogen-bond acceptors (Lipinski definition) is 4. The summed E-state index contributed by atoms with van der Waals surface area (Å²) in [6.45, 7) is 2.45. The van der Waals surface area contributed by atoms with E-state index in [1.54, 1.807) is 18.2 Å². The van der Waals surface area contributed by atoms with Crippen molar-refractivity contribution in [3.8, 4) is 0 Å². The van der Waals surface area contributed by atoms with Crippen molar-refractivity contribution in [2.75, 3.05) is 6.61 Å². The predicted molar refractivity (Wildman–Crippen MR) is 74.0 cm³/mol. The number of unbranched alkanes of at least 4 members (excludes halogenated alkanes) is 1. The third kappa shape index (κ3) is 3.12. The SMILES string of the molecule is CCCCOC(=O)c1cc2cc(C(=O)O)ccc2s1. The molecule has 0 saturated carbocycles. The molecule has 0 spiro atoms. The van der Waals surface area contributed by atoms with Gasteiger partial charge >= 0.3 is 11.9 Å². The number of hydrogen-bond donors (Lipinski definition) is 1. The van der Waals surface area contributed by atoms with Gasteiger partial charge < -0.3 is 9.84 Å². The summed E-state index contributed by atoms with van der Waals surface area (Å²) in [5.41, 5.74) is 0.219. The van der Waals surface area contributed by atoms with Gasteiger partial charge in [0.05, 0.1) is 12.2 Å². The maximum absolute atomic E-state index is 11.8. The molecule has 19 heavy (non-hydrogen) atoms. The normalized spacial score (nSPS) is 10.6. The molecule has 5 heteroatoms. The second-order valence-electron chi connectivity index (χ2n) is 4.16. The number of carbonyl (C=O) groups is 2. The summed E-state index contributed by atoms with van der Waals surface area (Å²) >= 11 is 1.32. The third-order valence-corrected chi connectivity index (χ3v) is 3.79. The van der Waals surface area contributed by atoms with Crippen LogP contribution in [0.25, 0.3) is 10.1 Å². The average Bonchev–Trinajstić information content (AvgIpc) is 2.81. The number of thiophene rings is 1. The van der Waals surface area contributed by atoms with Gasteiger partial charge in [0.1, 0.15) is 4.88 Å². The Kier molecular flexibility index (Phi) is 4.16. The van der Waals surface area contributed by atoms with Crippen LogP contribution in [-0.4, -0.2) is 23.7 Å². The van der Waals surface area contributed by atoms with E-state index in [4.69, 9.17) is 9.84 Å². The second-order valence-corrected chi connectivity index (χ2v) is 5.24. The highest BCUT2D eigenvalue weighted by Gasteiger charge is 2.13. The van der Waals surface area contributed by atoms with Crippen molar-refractivity contribution in [1.29, 1.82) is 0 Å². The van der Waals surface area contributed by atoms with Crippen LogP contribution in [0.4, 0.5) is 0 Å². The maximum Gasteiger partial charge on any atom is 0.348 e. The van der Waals surface area contributed by atoms with E-state index in [-0.39, 0.29) is 11.5 Å². The topological polar surface area (TPSA) is 63.6 Å². The first kappa shape index (κ1) is 13.5. The minimum atomic E-state index is -0.972. The van der Waals surface area contributed by atoms with E-state index in [1.165, 1.54) is 17.4 Å². The molecule has 2 rings (SSSR count). The number of fused-ring (bicyclic) bond motifs is 1. The Hall–Kier alpha value is -1.88. The molecule has 1 aromatic carbocycles. The maximum atomic E-state index is 11.8. The lowest BCUT2D eigenvalue weighted by molar-refractivity contribution is 0.0505. The van der Waals surface area contributed by atoms with Crippen LogP contribution < -0.4 is 0 Å². The minimum Gasteiger partial charge on any atom is -0.478 e. The van der Waals surface area contributed by atoms with Crippen LogP contribution >= 0.6 is 11.3 Å². The molecular weight excluding hydrogens is 264 g/mol. The van der Waals surface area contributed by atoms with Crippen LogP contribution in [0.5, 0.6) is 0 Å². The molecule has 2 aromatic rings. The van der Waals surface area contributed by atoms with Gasteiger partial charge in [0.15, 0.2) is 0 Å². The molecule has 0 fully saturated rings. The molecule has 4 nitrogen and oxygen atoms in total. The molecule has 0 saturated heterocycles. The van der Waals surface area contributed by atoms with E-state index in [0.717, 1.165) is 22.9 Å². The van der Waals surface area contributed by atoms with Crippen molar-refractivity contribution in [1.82, 2.24) is 0 Å². The minimum absolute atomic E-state index is 0.219. The molecule has 1 N–H and O–H groups in total. The first-order valence-electron chi connectivity index (χ1n) is 6.06. The summed E-state index contributed by atoms with van der Waals surface area (Å²) in [7, 11) is 0. The fourth-order valence-electron chi connectivity index (χ4n) is 1.66.